The van der Waals surface area contributed by atoms with Gasteiger partial charge in [0, 0.05) is 25.8 Å². The molecule has 0 aliphatic heterocycles. The minimum absolute atomic E-state index is 0.614. The van der Waals surface area contributed by atoms with Crippen LogP contribution in [0.1, 0.15) is 6.92 Å². The van der Waals surface area contributed by atoms with E-state index in [9.17, 15) is 0 Å². The Balaban J connectivity index is 2.34. The van der Waals surface area contributed by atoms with E-state index >= 15 is 0 Å². The van der Waals surface area contributed by atoms with Crippen LogP contribution in [0.2, 0.25) is 0 Å². The van der Waals surface area contributed by atoms with Gasteiger partial charge in [-0.05, 0) is 19.1 Å². The first-order valence-electron chi connectivity index (χ1n) is 5.11. The maximum atomic E-state index is 5.53. The van der Waals surface area contributed by atoms with Crippen LogP contribution in [-0.4, -0.2) is 34.2 Å². The molecule has 0 atom stereocenters. The number of nitrogens with zero attached hydrogens (tertiary/aromatic N) is 4. The summed E-state index contributed by atoms with van der Waals surface area (Å²) in [4.78, 5) is 6.49. The van der Waals surface area contributed by atoms with Crippen LogP contribution in [0, 0.1) is 0 Å². The molecule has 0 aliphatic rings. The third-order valence-electron chi connectivity index (χ3n) is 2.29. The average Bonchev–Trinajstić information content (AvgIpc) is 2.69. The molecule has 5 heteroatoms. The second-order valence-corrected chi connectivity index (χ2v) is 3.28. The van der Waals surface area contributed by atoms with Crippen molar-refractivity contribution >= 4 is 11.6 Å². The molecular weight excluding hydrogens is 190 g/mol. The first-order valence-corrected chi connectivity index (χ1v) is 5.11. The van der Waals surface area contributed by atoms with Crippen molar-refractivity contribution in [2.45, 2.75) is 6.92 Å². The molecular formula is C10H15N5. The van der Waals surface area contributed by atoms with Crippen molar-refractivity contribution < 1.29 is 0 Å². The topological polar surface area (TPSA) is 59.5 Å². The number of hydrogen-bond acceptors (Lipinski definition) is 4. The van der Waals surface area contributed by atoms with Gasteiger partial charge < -0.3 is 10.6 Å². The Kier molecular flexibility index (Phi) is 2.82. The molecule has 0 bridgehead atoms. The molecule has 0 aromatic carbocycles. The molecule has 0 saturated carbocycles. The minimum atomic E-state index is 0.614. The molecule has 2 aromatic heterocycles. The second-order valence-electron chi connectivity index (χ2n) is 3.28. The maximum absolute atomic E-state index is 5.53. The van der Waals surface area contributed by atoms with Crippen molar-refractivity contribution in [2.24, 2.45) is 5.73 Å². The summed E-state index contributed by atoms with van der Waals surface area (Å²) in [6.07, 6.45) is 1.89. The van der Waals surface area contributed by atoms with Crippen molar-refractivity contribution in [2.75, 3.05) is 24.5 Å². The van der Waals surface area contributed by atoms with Gasteiger partial charge in [-0.3, -0.25) is 0 Å². The van der Waals surface area contributed by atoms with Crippen molar-refractivity contribution in [3.63, 3.8) is 0 Å². The van der Waals surface area contributed by atoms with Gasteiger partial charge in [0.2, 0.25) is 5.95 Å². The average molecular weight is 205 g/mol. The molecule has 0 saturated heterocycles. The zero-order valence-corrected chi connectivity index (χ0v) is 8.80. The number of fused-ring (bicyclic) bond motifs is 1. The highest BCUT2D eigenvalue weighted by Crippen LogP contribution is 2.09. The van der Waals surface area contributed by atoms with E-state index in [0.717, 1.165) is 24.7 Å². The summed E-state index contributed by atoms with van der Waals surface area (Å²) in [6, 6.07) is 5.82. The Morgan fingerprint density at radius 3 is 3.00 bits per heavy atom. The lowest BCUT2D eigenvalue weighted by Crippen LogP contribution is -2.30. The van der Waals surface area contributed by atoms with E-state index < -0.39 is 0 Å². The van der Waals surface area contributed by atoms with Crippen LogP contribution in [0.4, 0.5) is 5.95 Å². The zero-order valence-electron chi connectivity index (χ0n) is 8.80. The van der Waals surface area contributed by atoms with Gasteiger partial charge in [-0.25, -0.2) is 4.52 Å². The molecule has 0 spiro atoms. The van der Waals surface area contributed by atoms with Gasteiger partial charge in [-0.1, -0.05) is 6.07 Å². The quantitative estimate of drug-likeness (QED) is 0.790. The normalized spacial score (nSPS) is 10.8. The van der Waals surface area contributed by atoms with Crippen LogP contribution in [0.15, 0.2) is 24.4 Å². The smallest absolute Gasteiger partial charge is 0.245 e. The molecule has 80 valence electrons. The lowest BCUT2D eigenvalue weighted by molar-refractivity contribution is 0.779. The van der Waals surface area contributed by atoms with E-state index in [2.05, 4.69) is 21.9 Å². The number of anilines is 1. The van der Waals surface area contributed by atoms with Gasteiger partial charge in [-0.15, -0.1) is 5.10 Å². The molecule has 0 amide bonds. The van der Waals surface area contributed by atoms with E-state index in [4.69, 9.17) is 5.73 Å². The van der Waals surface area contributed by atoms with Gasteiger partial charge in [0.1, 0.15) is 0 Å². The first kappa shape index (κ1) is 9.92. The Labute approximate surface area is 88.5 Å². The Morgan fingerprint density at radius 1 is 1.47 bits per heavy atom. The molecule has 0 radical (unpaired) electrons. The number of nitrogens with two attached hydrogens (primary N) is 1. The van der Waals surface area contributed by atoms with E-state index in [1.807, 2.05) is 24.4 Å². The summed E-state index contributed by atoms with van der Waals surface area (Å²) >= 11 is 0. The summed E-state index contributed by atoms with van der Waals surface area (Å²) in [6.45, 7) is 4.34. The van der Waals surface area contributed by atoms with Gasteiger partial charge >= 0.3 is 0 Å². The third-order valence-corrected chi connectivity index (χ3v) is 2.29. The molecule has 0 aliphatic carbocycles. The summed E-state index contributed by atoms with van der Waals surface area (Å²) in [5, 5.41) is 4.38. The number of likely N-dealkylation sites (N-methyl/N-ethyl adjacent to an activating group) is 1. The molecule has 2 rings (SSSR count). The van der Waals surface area contributed by atoms with Gasteiger partial charge in [0.05, 0.1) is 0 Å². The van der Waals surface area contributed by atoms with Crippen LogP contribution < -0.4 is 10.6 Å². The SMILES string of the molecule is CCN(CCN)c1nc2ccccn2n1. The predicted molar refractivity (Wildman–Crippen MR) is 59.9 cm³/mol. The van der Waals surface area contributed by atoms with Crippen LogP contribution in [0.5, 0.6) is 0 Å². The van der Waals surface area contributed by atoms with Crippen molar-refractivity contribution in [3.05, 3.63) is 24.4 Å². The number of aromatic nitrogens is 3. The number of rotatable bonds is 4. The highest BCUT2D eigenvalue weighted by molar-refractivity contribution is 5.44. The largest absolute Gasteiger partial charge is 0.339 e. The van der Waals surface area contributed by atoms with Crippen molar-refractivity contribution in [1.29, 1.82) is 0 Å². The van der Waals surface area contributed by atoms with Crippen LogP contribution in [0.3, 0.4) is 0 Å². The fourth-order valence-corrected chi connectivity index (χ4v) is 1.51. The number of pyridine rings is 1. The zero-order chi connectivity index (χ0) is 10.7. The summed E-state index contributed by atoms with van der Waals surface area (Å²) in [7, 11) is 0. The molecule has 2 heterocycles. The molecule has 0 fully saturated rings. The van der Waals surface area contributed by atoms with E-state index in [0.29, 0.717) is 6.54 Å². The number of hydrogen-bond donors (Lipinski definition) is 1. The first-order chi connectivity index (χ1) is 7.35. The Morgan fingerprint density at radius 2 is 2.33 bits per heavy atom. The van der Waals surface area contributed by atoms with Crippen molar-refractivity contribution in [1.82, 2.24) is 14.6 Å². The van der Waals surface area contributed by atoms with Gasteiger partial charge in [0.15, 0.2) is 5.65 Å². The van der Waals surface area contributed by atoms with Crippen LogP contribution in [-0.2, 0) is 0 Å². The predicted octanol–water partition coefficient (Wildman–Crippen LogP) is 0.514. The molecule has 2 aromatic rings. The van der Waals surface area contributed by atoms with Crippen LogP contribution >= 0.6 is 0 Å². The monoisotopic (exact) mass is 205 g/mol. The minimum Gasteiger partial charge on any atom is -0.339 e. The lowest BCUT2D eigenvalue weighted by Gasteiger charge is -2.16. The highest BCUT2D eigenvalue weighted by atomic mass is 15.4. The third kappa shape index (κ3) is 1.92. The lowest BCUT2D eigenvalue weighted by atomic mass is 10.5. The fraction of sp³-hybridized carbons (Fsp3) is 0.400. The van der Waals surface area contributed by atoms with Crippen LogP contribution in [0.25, 0.3) is 5.65 Å². The molecule has 0 unspecified atom stereocenters. The van der Waals surface area contributed by atoms with E-state index in [1.165, 1.54) is 0 Å². The fourth-order valence-electron chi connectivity index (χ4n) is 1.51. The molecule has 5 nitrogen and oxygen atoms in total. The van der Waals surface area contributed by atoms with Gasteiger partial charge in [0.25, 0.3) is 0 Å². The van der Waals surface area contributed by atoms with Crippen molar-refractivity contribution in [3.8, 4) is 0 Å². The van der Waals surface area contributed by atoms with Gasteiger partial charge in [-0.2, -0.15) is 4.98 Å². The van der Waals surface area contributed by atoms with E-state index in [-0.39, 0.29) is 0 Å². The standard InChI is InChI=1S/C10H15N5/c1-2-14(8-6-11)10-12-9-5-3-4-7-15(9)13-10/h3-5,7H,2,6,8,11H2,1H3. The second kappa shape index (κ2) is 4.27. The molecule has 15 heavy (non-hydrogen) atoms. The summed E-state index contributed by atoms with van der Waals surface area (Å²) in [5.74, 6) is 0.745. The Bertz CT molecular complexity index is 403. The summed E-state index contributed by atoms with van der Waals surface area (Å²) < 4.78 is 1.77. The van der Waals surface area contributed by atoms with E-state index in [1.54, 1.807) is 4.52 Å². The maximum Gasteiger partial charge on any atom is 0.245 e. The highest BCUT2D eigenvalue weighted by Gasteiger charge is 2.09. The Hall–Kier alpha value is -1.62. The summed E-state index contributed by atoms with van der Waals surface area (Å²) in [5.41, 5.74) is 6.40. The molecule has 2 N–H and O–H groups in total.